The van der Waals surface area contributed by atoms with Crippen LogP contribution in [0.3, 0.4) is 0 Å². The van der Waals surface area contributed by atoms with Gasteiger partial charge in [0, 0.05) is 10.6 Å². The Morgan fingerprint density at radius 3 is 3.04 bits per heavy atom. The highest BCUT2D eigenvalue weighted by molar-refractivity contribution is 7.99. The number of aromatic nitrogens is 2. The van der Waals surface area contributed by atoms with E-state index in [0.717, 1.165) is 16.3 Å². The third kappa shape index (κ3) is 3.58. The molecule has 3 aromatic rings. The molecule has 0 unspecified atom stereocenters. The molecule has 0 fully saturated rings. The predicted molar refractivity (Wildman–Crippen MR) is 99.9 cm³/mol. The first-order valence-electron chi connectivity index (χ1n) is 7.24. The van der Waals surface area contributed by atoms with Gasteiger partial charge < -0.3 is 5.32 Å². The van der Waals surface area contributed by atoms with Gasteiger partial charge in [-0.1, -0.05) is 18.2 Å². The molecule has 0 aliphatic carbocycles. The fourth-order valence-corrected chi connectivity index (χ4v) is 3.66. The van der Waals surface area contributed by atoms with Crippen molar-refractivity contribution in [1.82, 2.24) is 9.55 Å². The molecule has 7 heteroatoms. The number of para-hydroxylation sites is 1. The maximum atomic E-state index is 12.3. The number of nitrogens with zero attached hydrogens (tertiary/aromatic N) is 2. The smallest absolute Gasteiger partial charge is 0.262 e. The Balaban J connectivity index is 1.77. The van der Waals surface area contributed by atoms with Crippen molar-refractivity contribution in [2.24, 2.45) is 0 Å². The average molecular weight is 357 g/mol. The van der Waals surface area contributed by atoms with Crippen LogP contribution in [0.25, 0.3) is 10.2 Å². The van der Waals surface area contributed by atoms with Crippen LogP contribution in [0.4, 0.5) is 5.69 Å². The summed E-state index contributed by atoms with van der Waals surface area (Å²) in [5.74, 6) is 0.491. The molecule has 0 aliphatic heterocycles. The lowest BCUT2D eigenvalue weighted by atomic mass is 10.3. The SMILES string of the molecule is C=CCSc1ccccc1NC(=O)Cn1cnc2sccc2c1=O. The van der Waals surface area contributed by atoms with E-state index in [-0.39, 0.29) is 18.0 Å². The average Bonchev–Trinajstić information content (AvgIpc) is 3.06. The molecule has 1 N–H and O–H groups in total. The number of carbonyl (C=O) groups is 1. The second-order valence-corrected chi connectivity index (χ2v) is 6.92. The zero-order chi connectivity index (χ0) is 16.9. The molecule has 1 aromatic carbocycles. The molecule has 0 radical (unpaired) electrons. The zero-order valence-electron chi connectivity index (χ0n) is 12.8. The van der Waals surface area contributed by atoms with E-state index in [1.807, 2.05) is 35.7 Å². The molecule has 5 nitrogen and oxygen atoms in total. The van der Waals surface area contributed by atoms with Crippen molar-refractivity contribution in [2.75, 3.05) is 11.1 Å². The van der Waals surface area contributed by atoms with Gasteiger partial charge in [0.1, 0.15) is 11.4 Å². The highest BCUT2D eigenvalue weighted by atomic mass is 32.2. The van der Waals surface area contributed by atoms with Crippen molar-refractivity contribution in [2.45, 2.75) is 11.4 Å². The molecule has 0 spiro atoms. The molecule has 0 saturated heterocycles. The fourth-order valence-electron chi connectivity index (χ4n) is 2.19. The predicted octanol–water partition coefficient (Wildman–Crippen LogP) is 3.37. The van der Waals surface area contributed by atoms with Gasteiger partial charge in [-0.2, -0.15) is 0 Å². The van der Waals surface area contributed by atoms with E-state index in [1.54, 1.807) is 17.8 Å². The van der Waals surface area contributed by atoms with E-state index in [0.29, 0.717) is 10.2 Å². The second kappa shape index (κ2) is 7.46. The van der Waals surface area contributed by atoms with Gasteiger partial charge in [-0.3, -0.25) is 14.2 Å². The van der Waals surface area contributed by atoms with Gasteiger partial charge in [0.05, 0.1) is 17.4 Å². The number of thioether (sulfide) groups is 1. The molecule has 0 saturated carbocycles. The number of carbonyl (C=O) groups excluding carboxylic acids is 1. The van der Waals surface area contributed by atoms with Crippen LogP contribution in [0.2, 0.25) is 0 Å². The summed E-state index contributed by atoms with van der Waals surface area (Å²) >= 11 is 2.99. The van der Waals surface area contributed by atoms with Crippen LogP contribution >= 0.6 is 23.1 Å². The van der Waals surface area contributed by atoms with Gasteiger partial charge in [0.25, 0.3) is 5.56 Å². The monoisotopic (exact) mass is 357 g/mol. The van der Waals surface area contributed by atoms with E-state index >= 15 is 0 Å². The van der Waals surface area contributed by atoms with Crippen molar-refractivity contribution < 1.29 is 4.79 Å². The first-order valence-corrected chi connectivity index (χ1v) is 9.11. The summed E-state index contributed by atoms with van der Waals surface area (Å²) < 4.78 is 1.32. The number of thiophene rings is 1. The van der Waals surface area contributed by atoms with Crippen molar-refractivity contribution in [3.05, 3.63) is 65.0 Å². The van der Waals surface area contributed by atoms with Crippen molar-refractivity contribution in [1.29, 1.82) is 0 Å². The zero-order valence-corrected chi connectivity index (χ0v) is 14.4. The highest BCUT2D eigenvalue weighted by Gasteiger charge is 2.10. The third-order valence-corrected chi connectivity index (χ3v) is 5.17. The van der Waals surface area contributed by atoms with Gasteiger partial charge in [0.2, 0.25) is 5.91 Å². The van der Waals surface area contributed by atoms with E-state index in [2.05, 4.69) is 16.9 Å². The summed E-state index contributed by atoms with van der Waals surface area (Å²) in [6, 6.07) is 9.28. The van der Waals surface area contributed by atoms with Crippen LogP contribution in [0, 0.1) is 0 Å². The molecule has 3 rings (SSSR count). The molecular formula is C17H15N3O2S2. The minimum Gasteiger partial charge on any atom is -0.324 e. The molecule has 24 heavy (non-hydrogen) atoms. The Labute approximate surface area is 147 Å². The highest BCUT2D eigenvalue weighted by Crippen LogP contribution is 2.26. The third-order valence-electron chi connectivity index (χ3n) is 3.28. The summed E-state index contributed by atoms with van der Waals surface area (Å²) in [5.41, 5.74) is 0.526. The Hall–Kier alpha value is -2.38. The van der Waals surface area contributed by atoms with Crippen molar-refractivity contribution in [3.8, 4) is 0 Å². The number of benzene rings is 1. The largest absolute Gasteiger partial charge is 0.324 e. The molecule has 0 atom stereocenters. The van der Waals surface area contributed by atoms with E-state index in [1.165, 1.54) is 22.2 Å². The number of rotatable bonds is 6. The number of fused-ring (bicyclic) bond motifs is 1. The lowest BCUT2D eigenvalue weighted by molar-refractivity contribution is -0.116. The molecule has 122 valence electrons. The number of hydrogen-bond acceptors (Lipinski definition) is 5. The number of nitrogens with one attached hydrogen (secondary N) is 1. The normalized spacial score (nSPS) is 10.7. The van der Waals surface area contributed by atoms with E-state index in [9.17, 15) is 9.59 Å². The minimum absolute atomic E-state index is 0.0713. The molecule has 1 amide bonds. The first kappa shape index (κ1) is 16.5. The van der Waals surface area contributed by atoms with Gasteiger partial charge in [-0.15, -0.1) is 29.7 Å². The van der Waals surface area contributed by atoms with E-state index < -0.39 is 0 Å². The lowest BCUT2D eigenvalue weighted by Crippen LogP contribution is -2.27. The lowest BCUT2D eigenvalue weighted by Gasteiger charge is -2.11. The number of amides is 1. The molecule has 0 bridgehead atoms. The summed E-state index contributed by atoms with van der Waals surface area (Å²) in [6.07, 6.45) is 3.23. The Bertz CT molecular complexity index is 946. The standard InChI is InChI=1S/C17H15N3O2S2/c1-2-8-23-14-6-4-3-5-13(14)19-15(21)10-20-11-18-16-12(17(20)22)7-9-24-16/h2-7,9,11H,1,8,10H2,(H,19,21). The molecule has 2 aromatic heterocycles. The van der Waals surface area contributed by atoms with E-state index in [4.69, 9.17) is 0 Å². The summed E-state index contributed by atoms with van der Waals surface area (Å²) in [4.78, 5) is 30.5. The van der Waals surface area contributed by atoms with Gasteiger partial charge in [-0.25, -0.2) is 4.98 Å². The van der Waals surface area contributed by atoms with Crippen LogP contribution in [0.5, 0.6) is 0 Å². The molecular weight excluding hydrogens is 342 g/mol. The first-order chi connectivity index (χ1) is 11.7. The summed E-state index contributed by atoms with van der Waals surface area (Å²) in [7, 11) is 0. The summed E-state index contributed by atoms with van der Waals surface area (Å²) in [5, 5.41) is 5.21. The quantitative estimate of drug-likeness (QED) is 0.543. The Morgan fingerprint density at radius 1 is 1.38 bits per heavy atom. The summed E-state index contributed by atoms with van der Waals surface area (Å²) in [6.45, 7) is 3.63. The van der Waals surface area contributed by atoms with Crippen molar-refractivity contribution >= 4 is 44.9 Å². The molecule has 2 heterocycles. The fraction of sp³-hybridized carbons (Fsp3) is 0.118. The maximum absolute atomic E-state index is 12.3. The minimum atomic E-state index is -0.264. The van der Waals surface area contributed by atoms with Gasteiger partial charge in [-0.05, 0) is 23.6 Å². The van der Waals surface area contributed by atoms with Gasteiger partial charge in [0.15, 0.2) is 0 Å². The second-order valence-electron chi connectivity index (χ2n) is 4.96. The van der Waals surface area contributed by atoms with Gasteiger partial charge >= 0.3 is 0 Å². The van der Waals surface area contributed by atoms with Crippen LogP contribution in [-0.4, -0.2) is 21.2 Å². The van der Waals surface area contributed by atoms with Crippen molar-refractivity contribution in [3.63, 3.8) is 0 Å². The Morgan fingerprint density at radius 2 is 2.21 bits per heavy atom. The number of anilines is 1. The molecule has 0 aliphatic rings. The Kier molecular flexibility index (Phi) is 5.12. The van der Waals surface area contributed by atoms with Crippen LogP contribution in [0.15, 0.2) is 64.4 Å². The topological polar surface area (TPSA) is 64.0 Å². The maximum Gasteiger partial charge on any atom is 0.262 e. The van der Waals surface area contributed by atoms with Crippen LogP contribution in [-0.2, 0) is 11.3 Å². The number of hydrogen-bond donors (Lipinski definition) is 1. The van der Waals surface area contributed by atoms with Crippen LogP contribution < -0.4 is 10.9 Å². The van der Waals surface area contributed by atoms with Crippen LogP contribution in [0.1, 0.15) is 0 Å².